The van der Waals surface area contributed by atoms with E-state index in [9.17, 15) is 4.79 Å². The number of likely N-dealkylation sites (tertiary alicyclic amines) is 2. The van der Waals surface area contributed by atoms with Gasteiger partial charge in [-0.2, -0.15) is 16.7 Å². The summed E-state index contributed by atoms with van der Waals surface area (Å²) in [5.74, 6) is 2.45. The first-order chi connectivity index (χ1) is 11.7. The molecule has 0 aromatic carbocycles. The zero-order valence-corrected chi connectivity index (χ0v) is 15.3. The van der Waals surface area contributed by atoms with Gasteiger partial charge in [0.05, 0.1) is 24.3 Å². The number of carbonyl (C=O) groups excluding carboxylic acids is 1. The molecule has 24 heavy (non-hydrogen) atoms. The zero-order valence-electron chi connectivity index (χ0n) is 14.5. The van der Waals surface area contributed by atoms with Crippen molar-refractivity contribution in [2.45, 2.75) is 31.6 Å². The molecule has 0 saturated carbocycles. The summed E-state index contributed by atoms with van der Waals surface area (Å²) in [5.41, 5.74) is -0.228. The number of rotatable bonds is 7. The minimum atomic E-state index is -0.228. The van der Waals surface area contributed by atoms with Crippen molar-refractivity contribution >= 4 is 17.7 Å². The van der Waals surface area contributed by atoms with Gasteiger partial charge in [-0.1, -0.05) is 5.16 Å². The number of carbonyl (C=O) groups is 1. The Morgan fingerprint density at radius 2 is 2.25 bits per heavy atom. The summed E-state index contributed by atoms with van der Waals surface area (Å²) in [6, 6.07) is 0. The first-order valence-corrected chi connectivity index (χ1v) is 9.87. The van der Waals surface area contributed by atoms with Crippen LogP contribution in [0.1, 0.15) is 31.0 Å². The molecule has 8 heteroatoms. The Morgan fingerprint density at radius 3 is 3.04 bits per heavy atom. The summed E-state index contributed by atoms with van der Waals surface area (Å²) in [6.07, 6.45) is 4.99. The Bertz CT molecular complexity index is 567. The number of ether oxygens (including phenoxy) is 1. The Balaban J connectivity index is 1.59. The van der Waals surface area contributed by atoms with E-state index >= 15 is 0 Å². The monoisotopic (exact) mass is 354 g/mol. The van der Waals surface area contributed by atoms with Gasteiger partial charge in [0.15, 0.2) is 5.82 Å². The second-order valence-electron chi connectivity index (χ2n) is 6.67. The molecule has 1 atom stereocenters. The van der Waals surface area contributed by atoms with Gasteiger partial charge in [-0.25, -0.2) is 0 Å². The molecule has 1 aromatic rings. The molecule has 2 fully saturated rings. The van der Waals surface area contributed by atoms with Crippen LogP contribution in [0.5, 0.6) is 0 Å². The van der Waals surface area contributed by atoms with Crippen LogP contribution in [0.15, 0.2) is 4.52 Å². The summed E-state index contributed by atoms with van der Waals surface area (Å²) in [5, 5.41) is 3.99. The zero-order chi connectivity index (χ0) is 17.0. The minimum absolute atomic E-state index is 0.228. The predicted octanol–water partition coefficient (Wildman–Crippen LogP) is 1.39. The van der Waals surface area contributed by atoms with Gasteiger partial charge in [-0.3, -0.25) is 9.69 Å². The first kappa shape index (κ1) is 17.7. The molecule has 134 valence electrons. The molecule has 1 amide bonds. The minimum Gasteiger partial charge on any atom is -0.383 e. The fraction of sp³-hybridized carbons (Fsp3) is 0.812. The van der Waals surface area contributed by atoms with Crippen LogP contribution in [-0.2, 0) is 21.8 Å². The van der Waals surface area contributed by atoms with E-state index < -0.39 is 0 Å². The van der Waals surface area contributed by atoms with Crippen molar-refractivity contribution in [1.29, 1.82) is 0 Å². The SMILES string of the molecule is COCCN1CCCC2(CCN(Cc3nc(CSC)no3)C2)C1=O. The average molecular weight is 354 g/mol. The van der Waals surface area contributed by atoms with Crippen molar-refractivity contribution in [3.05, 3.63) is 11.7 Å². The molecular weight excluding hydrogens is 328 g/mol. The molecule has 2 aliphatic heterocycles. The third-order valence-electron chi connectivity index (χ3n) is 4.96. The molecule has 2 saturated heterocycles. The second kappa shape index (κ2) is 7.84. The second-order valence-corrected chi connectivity index (χ2v) is 7.53. The maximum Gasteiger partial charge on any atom is 0.240 e. The molecule has 1 spiro atoms. The molecule has 0 N–H and O–H groups in total. The molecule has 0 bridgehead atoms. The van der Waals surface area contributed by atoms with Crippen molar-refractivity contribution in [3.63, 3.8) is 0 Å². The van der Waals surface area contributed by atoms with Crippen molar-refractivity contribution in [3.8, 4) is 0 Å². The van der Waals surface area contributed by atoms with Crippen LogP contribution in [-0.4, -0.2) is 72.0 Å². The van der Waals surface area contributed by atoms with Gasteiger partial charge < -0.3 is 14.2 Å². The van der Waals surface area contributed by atoms with E-state index in [0.29, 0.717) is 31.5 Å². The number of hydrogen-bond acceptors (Lipinski definition) is 7. The highest BCUT2D eigenvalue weighted by Crippen LogP contribution is 2.40. The third kappa shape index (κ3) is 3.75. The molecule has 1 unspecified atom stereocenters. The van der Waals surface area contributed by atoms with Gasteiger partial charge >= 0.3 is 0 Å². The van der Waals surface area contributed by atoms with Crippen LogP contribution in [0.25, 0.3) is 0 Å². The molecule has 3 heterocycles. The average Bonchev–Trinajstić information content (AvgIpc) is 3.18. The maximum absolute atomic E-state index is 12.9. The van der Waals surface area contributed by atoms with Crippen LogP contribution < -0.4 is 0 Å². The highest BCUT2D eigenvalue weighted by atomic mass is 32.2. The van der Waals surface area contributed by atoms with E-state index in [-0.39, 0.29) is 5.41 Å². The van der Waals surface area contributed by atoms with Crippen LogP contribution in [0.4, 0.5) is 0 Å². The number of hydrogen-bond donors (Lipinski definition) is 0. The van der Waals surface area contributed by atoms with Crippen molar-refractivity contribution in [1.82, 2.24) is 19.9 Å². The Kier molecular flexibility index (Phi) is 5.78. The largest absolute Gasteiger partial charge is 0.383 e. The highest BCUT2D eigenvalue weighted by molar-refractivity contribution is 7.97. The number of methoxy groups -OCH3 is 1. The van der Waals surface area contributed by atoms with E-state index in [1.54, 1.807) is 18.9 Å². The summed E-state index contributed by atoms with van der Waals surface area (Å²) < 4.78 is 10.5. The third-order valence-corrected chi connectivity index (χ3v) is 5.51. The van der Waals surface area contributed by atoms with E-state index in [0.717, 1.165) is 50.5 Å². The van der Waals surface area contributed by atoms with Gasteiger partial charge in [-0.05, 0) is 32.1 Å². The number of aromatic nitrogens is 2. The standard InChI is InChI=1S/C16H26N4O3S/c1-22-9-8-20-6-3-4-16(15(20)21)5-7-19(12-16)10-14-17-13(11-24-2)18-23-14/h3-12H2,1-2H3. The van der Waals surface area contributed by atoms with Gasteiger partial charge in [-0.15, -0.1) is 0 Å². The molecule has 2 aliphatic rings. The molecular formula is C16H26N4O3S. The summed E-state index contributed by atoms with van der Waals surface area (Å²) in [4.78, 5) is 21.6. The van der Waals surface area contributed by atoms with Crippen LogP contribution in [0.3, 0.4) is 0 Å². The van der Waals surface area contributed by atoms with Gasteiger partial charge in [0, 0.05) is 26.7 Å². The lowest BCUT2D eigenvalue weighted by atomic mass is 9.78. The fourth-order valence-corrected chi connectivity index (χ4v) is 4.15. The highest BCUT2D eigenvalue weighted by Gasteiger charge is 2.48. The van der Waals surface area contributed by atoms with E-state index in [1.807, 2.05) is 11.2 Å². The van der Waals surface area contributed by atoms with Gasteiger partial charge in [0.1, 0.15) is 0 Å². The predicted molar refractivity (Wildman–Crippen MR) is 91.5 cm³/mol. The normalized spacial score (nSPS) is 25.1. The van der Waals surface area contributed by atoms with Crippen molar-refractivity contribution in [2.24, 2.45) is 5.41 Å². The molecule has 7 nitrogen and oxygen atoms in total. The van der Waals surface area contributed by atoms with Gasteiger partial charge in [0.25, 0.3) is 0 Å². The topological polar surface area (TPSA) is 71.7 Å². The summed E-state index contributed by atoms with van der Waals surface area (Å²) in [7, 11) is 1.68. The van der Waals surface area contributed by atoms with E-state index in [1.165, 1.54) is 0 Å². The Morgan fingerprint density at radius 1 is 1.38 bits per heavy atom. The number of amides is 1. The number of thioether (sulfide) groups is 1. The van der Waals surface area contributed by atoms with Crippen molar-refractivity contribution < 1.29 is 14.1 Å². The lowest BCUT2D eigenvalue weighted by molar-refractivity contribution is -0.146. The summed E-state index contributed by atoms with van der Waals surface area (Å²) in [6.45, 7) is 4.48. The Hall–Kier alpha value is -1.12. The lowest BCUT2D eigenvalue weighted by Crippen LogP contribution is -2.50. The fourth-order valence-electron chi connectivity index (χ4n) is 3.77. The van der Waals surface area contributed by atoms with E-state index in [4.69, 9.17) is 9.26 Å². The smallest absolute Gasteiger partial charge is 0.240 e. The number of nitrogens with zero attached hydrogens (tertiary/aromatic N) is 4. The Labute approximate surface area is 147 Å². The van der Waals surface area contributed by atoms with Crippen molar-refractivity contribution in [2.75, 3.05) is 46.2 Å². The molecule has 0 aliphatic carbocycles. The molecule has 3 rings (SSSR count). The molecule has 0 radical (unpaired) electrons. The van der Waals surface area contributed by atoms with E-state index in [2.05, 4.69) is 15.0 Å². The van der Waals surface area contributed by atoms with Crippen LogP contribution >= 0.6 is 11.8 Å². The first-order valence-electron chi connectivity index (χ1n) is 8.48. The van der Waals surface area contributed by atoms with Crippen LogP contribution in [0.2, 0.25) is 0 Å². The number of piperidine rings is 1. The molecule has 1 aromatic heterocycles. The van der Waals surface area contributed by atoms with Crippen LogP contribution in [0, 0.1) is 5.41 Å². The summed E-state index contributed by atoms with van der Waals surface area (Å²) >= 11 is 1.68. The van der Waals surface area contributed by atoms with Gasteiger partial charge in [0.2, 0.25) is 11.8 Å². The lowest BCUT2D eigenvalue weighted by Gasteiger charge is -2.39. The maximum atomic E-state index is 12.9. The quantitative estimate of drug-likeness (QED) is 0.733.